The van der Waals surface area contributed by atoms with Crippen molar-refractivity contribution in [2.75, 3.05) is 0 Å². The molecule has 80 valence electrons. The van der Waals surface area contributed by atoms with E-state index in [-0.39, 0.29) is 0 Å². The van der Waals surface area contributed by atoms with Crippen LogP contribution in [0.25, 0.3) is 5.69 Å². The molecule has 0 N–H and O–H groups in total. The Balaban J connectivity index is 2.71. The van der Waals surface area contributed by atoms with E-state index < -0.39 is 0 Å². The summed E-state index contributed by atoms with van der Waals surface area (Å²) in [6.45, 7) is 3.97. The Morgan fingerprint density at radius 2 is 1.94 bits per heavy atom. The van der Waals surface area contributed by atoms with Crippen molar-refractivity contribution in [2.45, 2.75) is 13.8 Å². The van der Waals surface area contributed by atoms with Crippen molar-refractivity contribution in [3.63, 3.8) is 0 Å². The van der Waals surface area contributed by atoms with E-state index >= 15 is 0 Å². The molecule has 0 amide bonds. The molecule has 0 aliphatic heterocycles. The lowest BCUT2D eigenvalue weighted by atomic mass is 10.2. The van der Waals surface area contributed by atoms with E-state index in [4.69, 9.17) is 5.26 Å². The molecule has 2 nitrogen and oxygen atoms in total. The van der Waals surface area contributed by atoms with Crippen molar-refractivity contribution in [1.82, 2.24) is 4.57 Å². The lowest BCUT2D eigenvalue weighted by Gasteiger charge is -2.11. The van der Waals surface area contributed by atoms with Crippen LogP contribution in [-0.4, -0.2) is 4.57 Å². The quantitative estimate of drug-likeness (QED) is 0.779. The summed E-state index contributed by atoms with van der Waals surface area (Å²) in [4.78, 5) is 0. The summed E-state index contributed by atoms with van der Waals surface area (Å²) in [5, 5.41) is 9.00. The van der Waals surface area contributed by atoms with Crippen LogP contribution < -0.4 is 0 Å². The number of aryl methyl sites for hydroxylation is 1. The molecule has 0 unspecified atom stereocenters. The zero-order valence-electron chi connectivity index (χ0n) is 9.16. The zero-order chi connectivity index (χ0) is 11.7. The summed E-state index contributed by atoms with van der Waals surface area (Å²) in [6, 6.07) is 12.1. The van der Waals surface area contributed by atoms with Gasteiger partial charge in [-0.2, -0.15) is 5.26 Å². The van der Waals surface area contributed by atoms with Crippen molar-refractivity contribution >= 4 is 15.9 Å². The van der Waals surface area contributed by atoms with Gasteiger partial charge in [-0.3, -0.25) is 0 Å². The van der Waals surface area contributed by atoms with E-state index in [2.05, 4.69) is 26.6 Å². The molecule has 0 bridgehead atoms. The van der Waals surface area contributed by atoms with Gasteiger partial charge in [0.05, 0.1) is 11.3 Å². The van der Waals surface area contributed by atoms with Crippen LogP contribution in [0.2, 0.25) is 0 Å². The van der Waals surface area contributed by atoms with Crippen LogP contribution in [0.1, 0.15) is 17.0 Å². The minimum absolute atomic E-state index is 0.730. The monoisotopic (exact) mass is 274 g/mol. The molecular formula is C13H11BrN2. The molecule has 0 saturated carbocycles. The third-order valence-corrected chi connectivity index (χ3v) is 3.32. The number of para-hydroxylation sites is 1. The van der Waals surface area contributed by atoms with E-state index in [9.17, 15) is 0 Å². The Kier molecular flexibility index (Phi) is 2.84. The Labute approximate surface area is 103 Å². The second kappa shape index (κ2) is 4.15. The molecule has 0 radical (unpaired) electrons. The number of hydrogen-bond acceptors (Lipinski definition) is 1. The lowest BCUT2D eigenvalue weighted by molar-refractivity contribution is 0.958. The number of hydrogen-bond donors (Lipinski definition) is 0. The Morgan fingerprint density at radius 1 is 1.25 bits per heavy atom. The van der Waals surface area contributed by atoms with E-state index in [1.54, 1.807) is 0 Å². The molecule has 3 heteroatoms. The third-order valence-electron chi connectivity index (χ3n) is 2.64. The maximum Gasteiger partial charge on any atom is 0.101 e. The van der Waals surface area contributed by atoms with Crippen LogP contribution in [0.15, 0.2) is 34.8 Å². The third kappa shape index (κ3) is 1.66. The van der Waals surface area contributed by atoms with Crippen molar-refractivity contribution in [3.8, 4) is 11.8 Å². The molecule has 0 atom stereocenters. The van der Waals surface area contributed by atoms with E-state index in [0.29, 0.717) is 0 Å². The van der Waals surface area contributed by atoms with Gasteiger partial charge in [0.2, 0.25) is 0 Å². The number of benzene rings is 1. The van der Waals surface area contributed by atoms with Crippen LogP contribution in [0.3, 0.4) is 0 Å². The first-order valence-corrected chi connectivity index (χ1v) is 5.78. The summed E-state index contributed by atoms with van der Waals surface area (Å²) in [7, 11) is 0. The van der Waals surface area contributed by atoms with Gasteiger partial charge in [-0.25, -0.2) is 0 Å². The molecule has 2 rings (SSSR count). The van der Waals surface area contributed by atoms with Gasteiger partial charge in [0.25, 0.3) is 0 Å². The zero-order valence-corrected chi connectivity index (χ0v) is 10.7. The number of nitrogens with zero attached hydrogens (tertiary/aromatic N) is 2. The van der Waals surface area contributed by atoms with Gasteiger partial charge in [-0.1, -0.05) is 12.1 Å². The summed E-state index contributed by atoms with van der Waals surface area (Å²) in [6.07, 6.45) is 0. The topological polar surface area (TPSA) is 28.7 Å². The van der Waals surface area contributed by atoms with E-state index in [1.807, 2.05) is 44.2 Å². The van der Waals surface area contributed by atoms with Gasteiger partial charge >= 0.3 is 0 Å². The highest BCUT2D eigenvalue weighted by Gasteiger charge is 2.11. The van der Waals surface area contributed by atoms with Crippen LogP contribution in [-0.2, 0) is 0 Å². The van der Waals surface area contributed by atoms with Crippen molar-refractivity contribution in [1.29, 1.82) is 5.26 Å². The van der Waals surface area contributed by atoms with Crippen molar-refractivity contribution in [2.24, 2.45) is 0 Å². The average Bonchev–Trinajstić information content (AvgIpc) is 2.55. The van der Waals surface area contributed by atoms with Gasteiger partial charge < -0.3 is 4.57 Å². The molecule has 0 saturated heterocycles. The molecule has 2 aromatic rings. The summed E-state index contributed by atoms with van der Waals surface area (Å²) in [5.41, 5.74) is 3.85. The van der Waals surface area contributed by atoms with Crippen molar-refractivity contribution in [3.05, 3.63) is 51.8 Å². The molecular weight excluding hydrogens is 264 g/mol. The van der Waals surface area contributed by atoms with E-state index in [1.165, 1.54) is 0 Å². The van der Waals surface area contributed by atoms with Crippen LogP contribution in [0.4, 0.5) is 0 Å². The number of nitriles is 1. The Bertz CT molecular complexity index is 576. The van der Waals surface area contributed by atoms with E-state index in [0.717, 1.165) is 27.1 Å². The highest BCUT2D eigenvalue weighted by Crippen LogP contribution is 2.26. The summed E-state index contributed by atoms with van der Waals surface area (Å²) < 4.78 is 3.11. The SMILES string of the molecule is Cc1cc(C#N)c(C)n1-c1ccccc1Br. The van der Waals surface area contributed by atoms with Crippen LogP contribution >= 0.6 is 15.9 Å². The first kappa shape index (κ1) is 11.0. The molecule has 0 aliphatic carbocycles. The highest BCUT2D eigenvalue weighted by atomic mass is 79.9. The number of halogens is 1. The predicted octanol–water partition coefficient (Wildman–Crippen LogP) is 3.73. The fraction of sp³-hybridized carbons (Fsp3) is 0.154. The largest absolute Gasteiger partial charge is 0.316 e. The average molecular weight is 275 g/mol. The predicted molar refractivity (Wildman–Crippen MR) is 67.7 cm³/mol. The van der Waals surface area contributed by atoms with Crippen LogP contribution in [0, 0.1) is 25.2 Å². The minimum atomic E-state index is 0.730. The van der Waals surface area contributed by atoms with Gasteiger partial charge in [0.15, 0.2) is 0 Å². The second-order valence-electron chi connectivity index (χ2n) is 3.68. The van der Waals surface area contributed by atoms with Gasteiger partial charge in [-0.05, 0) is 48.0 Å². The minimum Gasteiger partial charge on any atom is -0.316 e. The first-order valence-electron chi connectivity index (χ1n) is 4.99. The Hall–Kier alpha value is -1.53. The molecule has 16 heavy (non-hydrogen) atoms. The molecule has 1 heterocycles. The van der Waals surface area contributed by atoms with Gasteiger partial charge in [-0.15, -0.1) is 0 Å². The summed E-state index contributed by atoms with van der Waals surface area (Å²) in [5.74, 6) is 0. The lowest BCUT2D eigenvalue weighted by Crippen LogP contribution is -1.99. The Morgan fingerprint density at radius 3 is 2.50 bits per heavy atom. The second-order valence-corrected chi connectivity index (χ2v) is 4.54. The fourth-order valence-corrected chi connectivity index (χ4v) is 2.34. The molecule has 0 fully saturated rings. The molecule has 0 spiro atoms. The molecule has 1 aromatic carbocycles. The fourth-order valence-electron chi connectivity index (χ4n) is 1.88. The first-order chi connectivity index (χ1) is 7.65. The molecule has 1 aromatic heterocycles. The smallest absolute Gasteiger partial charge is 0.101 e. The maximum absolute atomic E-state index is 9.00. The number of aromatic nitrogens is 1. The standard InChI is InChI=1S/C13H11BrN2/c1-9-7-11(8-15)10(2)16(9)13-6-4-3-5-12(13)14/h3-7H,1-2H3. The molecule has 0 aliphatic rings. The van der Waals surface area contributed by atoms with Gasteiger partial charge in [0, 0.05) is 15.9 Å². The van der Waals surface area contributed by atoms with Gasteiger partial charge in [0.1, 0.15) is 6.07 Å². The normalized spacial score (nSPS) is 10.1. The van der Waals surface area contributed by atoms with Crippen LogP contribution in [0.5, 0.6) is 0 Å². The summed E-state index contributed by atoms with van der Waals surface area (Å²) >= 11 is 3.53. The number of rotatable bonds is 1. The highest BCUT2D eigenvalue weighted by molar-refractivity contribution is 9.10. The maximum atomic E-state index is 9.00. The van der Waals surface area contributed by atoms with Crippen molar-refractivity contribution < 1.29 is 0 Å².